The lowest BCUT2D eigenvalue weighted by atomic mass is 9.78. The molecule has 0 atom stereocenters. The first-order valence-corrected chi connectivity index (χ1v) is 5.68. The van der Waals surface area contributed by atoms with Gasteiger partial charge in [0.25, 0.3) is 0 Å². The van der Waals surface area contributed by atoms with Crippen LogP contribution in [0, 0.1) is 0 Å². The quantitative estimate of drug-likeness (QED) is 0.818. The third kappa shape index (κ3) is 2.14. The van der Waals surface area contributed by atoms with Crippen molar-refractivity contribution in [2.75, 3.05) is 7.11 Å². The summed E-state index contributed by atoms with van der Waals surface area (Å²) < 4.78 is 10.6. The molecule has 1 aromatic heterocycles. The maximum absolute atomic E-state index is 9.50. The van der Waals surface area contributed by atoms with Gasteiger partial charge in [-0.3, -0.25) is 0 Å². The van der Waals surface area contributed by atoms with E-state index >= 15 is 0 Å². The molecule has 4 heteroatoms. The van der Waals surface area contributed by atoms with Crippen molar-refractivity contribution in [1.82, 2.24) is 0 Å². The molecule has 0 unspecified atom stereocenters. The smallest absolute Gasteiger partial charge is 0.129 e. The van der Waals surface area contributed by atoms with E-state index in [4.69, 9.17) is 14.9 Å². The van der Waals surface area contributed by atoms with Gasteiger partial charge in [-0.05, 0) is 31.7 Å². The zero-order valence-electron chi connectivity index (χ0n) is 9.61. The Morgan fingerprint density at radius 3 is 2.88 bits per heavy atom. The molecule has 1 saturated carbocycles. The van der Waals surface area contributed by atoms with Crippen molar-refractivity contribution < 1.29 is 14.3 Å². The van der Waals surface area contributed by atoms with Crippen LogP contribution < -0.4 is 5.73 Å². The molecule has 3 N–H and O–H groups in total. The van der Waals surface area contributed by atoms with Gasteiger partial charge in [0.05, 0.1) is 24.5 Å². The SMILES string of the molecule is COCc1ccoc1C1(N)CCC(O)CC1. The molecule has 0 spiro atoms. The van der Waals surface area contributed by atoms with Crippen LogP contribution in [0.15, 0.2) is 16.7 Å². The van der Waals surface area contributed by atoms with E-state index in [2.05, 4.69) is 0 Å². The molecule has 4 nitrogen and oxygen atoms in total. The summed E-state index contributed by atoms with van der Waals surface area (Å²) in [6.45, 7) is 0.521. The molecule has 0 aliphatic heterocycles. The van der Waals surface area contributed by atoms with Gasteiger partial charge in [0.1, 0.15) is 5.76 Å². The zero-order chi connectivity index (χ0) is 11.6. The number of hydrogen-bond acceptors (Lipinski definition) is 4. The second-order valence-electron chi connectivity index (χ2n) is 4.60. The van der Waals surface area contributed by atoms with Crippen LogP contribution in [0.1, 0.15) is 37.0 Å². The van der Waals surface area contributed by atoms with Gasteiger partial charge >= 0.3 is 0 Å². The lowest BCUT2D eigenvalue weighted by Crippen LogP contribution is -2.42. The van der Waals surface area contributed by atoms with Gasteiger partial charge in [0.15, 0.2) is 0 Å². The van der Waals surface area contributed by atoms with E-state index < -0.39 is 5.54 Å². The molecule has 0 radical (unpaired) electrons. The minimum absolute atomic E-state index is 0.211. The van der Waals surface area contributed by atoms with E-state index in [1.165, 1.54) is 0 Å². The summed E-state index contributed by atoms with van der Waals surface area (Å²) >= 11 is 0. The Hall–Kier alpha value is -0.840. The summed E-state index contributed by atoms with van der Waals surface area (Å²) in [5.74, 6) is 0.821. The summed E-state index contributed by atoms with van der Waals surface area (Å²) in [6, 6.07) is 1.90. The number of aliphatic hydroxyl groups is 1. The Labute approximate surface area is 95.4 Å². The highest BCUT2D eigenvalue weighted by atomic mass is 16.5. The summed E-state index contributed by atoms with van der Waals surface area (Å²) in [7, 11) is 1.66. The van der Waals surface area contributed by atoms with Crippen molar-refractivity contribution in [3.8, 4) is 0 Å². The van der Waals surface area contributed by atoms with Crippen molar-refractivity contribution in [1.29, 1.82) is 0 Å². The second-order valence-corrected chi connectivity index (χ2v) is 4.60. The van der Waals surface area contributed by atoms with Crippen molar-refractivity contribution in [3.05, 3.63) is 23.7 Å². The molecule has 1 aliphatic rings. The van der Waals surface area contributed by atoms with Crippen LogP contribution in [0.5, 0.6) is 0 Å². The summed E-state index contributed by atoms with van der Waals surface area (Å²) in [5.41, 5.74) is 6.94. The first-order valence-electron chi connectivity index (χ1n) is 5.68. The fraction of sp³-hybridized carbons (Fsp3) is 0.667. The lowest BCUT2D eigenvalue weighted by Gasteiger charge is -2.34. The molecular weight excluding hydrogens is 206 g/mol. The van der Waals surface area contributed by atoms with Gasteiger partial charge in [-0.25, -0.2) is 0 Å². The topological polar surface area (TPSA) is 68.6 Å². The van der Waals surface area contributed by atoms with E-state index in [9.17, 15) is 5.11 Å². The highest BCUT2D eigenvalue weighted by Gasteiger charge is 2.36. The van der Waals surface area contributed by atoms with Crippen molar-refractivity contribution >= 4 is 0 Å². The van der Waals surface area contributed by atoms with Gasteiger partial charge < -0.3 is 20.0 Å². The predicted molar refractivity (Wildman–Crippen MR) is 59.8 cm³/mol. The van der Waals surface area contributed by atoms with E-state index in [1.54, 1.807) is 13.4 Å². The molecule has 16 heavy (non-hydrogen) atoms. The van der Waals surface area contributed by atoms with Crippen LogP contribution in [0.3, 0.4) is 0 Å². The van der Waals surface area contributed by atoms with Crippen LogP contribution in [0.4, 0.5) is 0 Å². The number of aliphatic hydroxyl groups excluding tert-OH is 1. The van der Waals surface area contributed by atoms with E-state index in [0.29, 0.717) is 6.61 Å². The largest absolute Gasteiger partial charge is 0.467 e. The standard InChI is InChI=1S/C12H19NO3/c1-15-8-9-4-7-16-11(9)12(13)5-2-10(14)3-6-12/h4,7,10,14H,2-3,5-6,8,13H2,1H3. The van der Waals surface area contributed by atoms with Gasteiger partial charge in [-0.1, -0.05) is 0 Å². The highest BCUT2D eigenvalue weighted by Crippen LogP contribution is 2.37. The Balaban J connectivity index is 2.18. The molecule has 1 aliphatic carbocycles. The molecule has 1 aromatic rings. The summed E-state index contributed by atoms with van der Waals surface area (Å²) in [4.78, 5) is 0. The minimum Gasteiger partial charge on any atom is -0.467 e. The van der Waals surface area contributed by atoms with Gasteiger partial charge in [-0.15, -0.1) is 0 Å². The van der Waals surface area contributed by atoms with E-state index in [-0.39, 0.29) is 6.10 Å². The molecule has 90 valence electrons. The van der Waals surface area contributed by atoms with Gasteiger partial charge in [0, 0.05) is 12.7 Å². The second kappa shape index (κ2) is 4.57. The average Bonchev–Trinajstić information content (AvgIpc) is 2.72. The molecule has 0 saturated heterocycles. The number of methoxy groups -OCH3 is 1. The highest BCUT2D eigenvalue weighted by molar-refractivity contribution is 5.24. The zero-order valence-corrected chi connectivity index (χ0v) is 9.61. The van der Waals surface area contributed by atoms with Gasteiger partial charge in [-0.2, -0.15) is 0 Å². The first kappa shape index (κ1) is 11.6. The molecule has 0 bridgehead atoms. The molecule has 0 aromatic carbocycles. The van der Waals surface area contributed by atoms with E-state index in [1.807, 2.05) is 6.07 Å². The maximum Gasteiger partial charge on any atom is 0.129 e. The number of hydrogen-bond donors (Lipinski definition) is 2. The molecule has 0 amide bonds. The summed E-state index contributed by atoms with van der Waals surface area (Å²) in [5, 5.41) is 9.50. The Kier molecular flexibility index (Phi) is 3.33. The normalized spacial score (nSPS) is 30.6. The maximum atomic E-state index is 9.50. The van der Waals surface area contributed by atoms with Crippen LogP contribution in [-0.2, 0) is 16.9 Å². The van der Waals surface area contributed by atoms with Crippen LogP contribution in [-0.4, -0.2) is 18.3 Å². The van der Waals surface area contributed by atoms with Crippen LogP contribution in [0.25, 0.3) is 0 Å². The first-order chi connectivity index (χ1) is 7.65. The summed E-state index contributed by atoms with van der Waals surface area (Å²) in [6.07, 6.45) is 4.45. The van der Waals surface area contributed by atoms with Crippen LogP contribution in [0.2, 0.25) is 0 Å². The predicted octanol–water partition coefficient (Wildman–Crippen LogP) is 1.51. The van der Waals surface area contributed by atoms with Crippen molar-refractivity contribution in [2.24, 2.45) is 5.73 Å². The Morgan fingerprint density at radius 1 is 1.56 bits per heavy atom. The molecule has 1 heterocycles. The number of nitrogens with two attached hydrogens (primary N) is 1. The van der Waals surface area contributed by atoms with Crippen LogP contribution >= 0.6 is 0 Å². The van der Waals surface area contributed by atoms with Gasteiger partial charge in [0.2, 0.25) is 0 Å². The third-order valence-electron chi connectivity index (χ3n) is 3.35. The Morgan fingerprint density at radius 2 is 2.25 bits per heavy atom. The Bertz CT molecular complexity index is 340. The molecular formula is C12H19NO3. The van der Waals surface area contributed by atoms with Crippen molar-refractivity contribution in [2.45, 2.75) is 43.9 Å². The average molecular weight is 225 g/mol. The minimum atomic E-state index is -0.434. The number of furan rings is 1. The van der Waals surface area contributed by atoms with E-state index in [0.717, 1.165) is 37.0 Å². The monoisotopic (exact) mass is 225 g/mol. The molecule has 2 rings (SSSR count). The molecule has 1 fully saturated rings. The number of rotatable bonds is 3. The lowest BCUT2D eigenvalue weighted by molar-refractivity contribution is 0.0875. The number of ether oxygens (including phenoxy) is 1. The van der Waals surface area contributed by atoms with Crippen molar-refractivity contribution in [3.63, 3.8) is 0 Å². The fourth-order valence-electron chi connectivity index (χ4n) is 2.39. The fourth-order valence-corrected chi connectivity index (χ4v) is 2.39. The third-order valence-corrected chi connectivity index (χ3v) is 3.35.